The molecule has 1 unspecified atom stereocenters. The van der Waals surface area contributed by atoms with Gasteiger partial charge >= 0.3 is 0 Å². The van der Waals surface area contributed by atoms with Crippen molar-refractivity contribution < 1.29 is 9.84 Å². The number of fused-ring (bicyclic) bond motifs is 1. The molecule has 1 atom stereocenters. The maximum atomic E-state index is 9.26. The molecule has 0 aliphatic heterocycles. The number of aliphatic hydroxyl groups excluding tert-OH is 1. The highest BCUT2D eigenvalue weighted by molar-refractivity contribution is 5.97. The second kappa shape index (κ2) is 5.66. The first-order valence-corrected chi connectivity index (χ1v) is 5.75. The van der Waals surface area contributed by atoms with E-state index < -0.39 is 0 Å². The van der Waals surface area contributed by atoms with Gasteiger partial charge in [-0.25, -0.2) is 0 Å². The van der Waals surface area contributed by atoms with Gasteiger partial charge in [-0.15, -0.1) is 0 Å². The molecular formula is C13H17N3O2. The van der Waals surface area contributed by atoms with E-state index in [4.69, 9.17) is 10.5 Å². The van der Waals surface area contributed by atoms with E-state index in [0.29, 0.717) is 12.3 Å². The van der Waals surface area contributed by atoms with Crippen molar-refractivity contribution in [1.29, 1.82) is 0 Å². The van der Waals surface area contributed by atoms with Crippen molar-refractivity contribution in [2.24, 2.45) is 0 Å². The van der Waals surface area contributed by atoms with Gasteiger partial charge in [-0.1, -0.05) is 12.1 Å². The summed E-state index contributed by atoms with van der Waals surface area (Å²) in [7, 11) is 1.60. The third-order valence-electron chi connectivity index (χ3n) is 2.75. The Morgan fingerprint density at radius 2 is 2.28 bits per heavy atom. The van der Waals surface area contributed by atoms with Crippen LogP contribution in [0.25, 0.3) is 10.9 Å². The molecule has 0 spiro atoms. The minimum absolute atomic E-state index is 0.0000279. The highest BCUT2D eigenvalue weighted by atomic mass is 16.5. The summed E-state index contributed by atoms with van der Waals surface area (Å²) in [6.07, 6.45) is 1.70. The summed E-state index contributed by atoms with van der Waals surface area (Å²) in [4.78, 5) is 4.26. The molecule has 0 saturated heterocycles. The zero-order valence-electron chi connectivity index (χ0n) is 10.3. The lowest BCUT2D eigenvalue weighted by atomic mass is 10.1. The molecule has 18 heavy (non-hydrogen) atoms. The summed E-state index contributed by atoms with van der Waals surface area (Å²) in [6.45, 7) is 0.433. The summed E-state index contributed by atoms with van der Waals surface area (Å²) in [6, 6.07) is 7.36. The van der Waals surface area contributed by atoms with Crippen LogP contribution in [0.3, 0.4) is 0 Å². The summed E-state index contributed by atoms with van der Waals surface area (Å²) < 4.78 is 5.04. The Bertz CT molecular complexity index is 531. The van der Waals surface area contributed by atoms with E-state index in [2.05, 4.69) is 10.3 Å². The molecule has 4 N–H and O–H groups in total. The van der Waals surface area contributed by atoms with Gasteiger partial charge in [-0.05, 0) is 12.1 Å². The Balaban J connectivity index is 2.36. The van der Waals surface area contributed by atoms with Gasteiger partial charge in [-0.3, -0.25) is 4.98 Å². The number of methoxy groups -OCH3 is 1. The smallest absolute Gasteiger partial charge is 0.0951 e. The first kappa shape index (κ1) is 12.6. The average Bonchev–Trinajstić information content (AvgIpc) is 2.39. The third kappa shape index (κ3) is 2.52. The average molecular weight is 247 g/mol. The van der Waals surface area contributed by atoms with Crippen LogP contribution in [0.15, 0.2) is 30.5 Å². The summed E-state index contributed by atoms with van der Waals surface area (Å²) >= 11 is 0. The van der Waals surface area contributed by atoms with Crippen LogP contribution >= 0.6 is 0 Å². The van der Waals surface area contributed by atoms with E-state index in [1.54, 1.807) is 13.3 Å². The lowest BCUT2D eigenvalue weighted by Crippen LogP contribution is -2.28. The van der Waals surface area contributed by atoms with Crippen molar-refractivity contribution >= 4 is 22.3 Å². The highest BCUT2D eigenvalue weighted by Crippen LogP contribution is 2.25. The summed E-state index contributed by atoms with van der Waals surface area (Å²) in [5.41, 5.74) is 8.18. The number of nitrogens with two attached hydrogens (primary N) is 1. The first-order valence-electron chi connectivity index (χ1n) is 5.75. The van der Waals surface area contributed by atoms with Crippen LogP contribution in [0.1, 0.15) is 0 Å². The molecule has 96 valence electrons. The topological polar surface area (TPSA) is 80.4 Å². The van der Waals surface area contributed by atoms with Gasteiger partial charge in [0, 0.05) is 24.4 Å². The third-order valence-corrected chi connectivity index (χ3v) is 2.75. The minimum Gasteiger partial charge on any atom is -0.397 e. The summed E-state index contributed by atoms with van der Waals surface area (Å²) in [5.74, 6) is 0. The van der Waals surface area contributed by atoms with Gasteiger partial charge in [0.2, 0.25) is 0 Å². The number of benzene rings is 1. The monoisotopic (exact) mass is 247 g/mol. The number of nitrogen functional groups attached to an aromatic ring is 1. The van der Waals surface area contributed by atoms with Crippen LogP contribution in [-0.4, -0.2) is 36.5 Å². The van der Waals surface area contributed by atoms with Crippen molar-refractivity contribution in [3.05, 3.63) is 30.5 Å². The molecule has 2 rings (SSSR count). The first-order chi connectivity index (χ1) is 8.76. The lowest BCUT2D eigenvalue weighted by molar-refractivity contribution is 0.153. The molecule has 2 aromatic rings. The van der Waals surface area contributed by atoms with Gasteiger partial charge in [-0.2, -0.15) is 0 Å². The normalized spacial score (nSPS) is 12.6. The van der Waals surface area contributed by atoms with Crippen LogP contribution in [0.5, 0.6) is 0 Å². The maximum absolute atomic E-state index is 9.26. The molecule has 0 aliphatic carbocycles. The van der Waals surface area contributed by atoms with Crippen molar-refractivity contribution in [2.45, 2.75) is 6.04 Å². The quantitative estimate of drug-likeness (QED) is 0.693. The lowest BCUT2D eigenvalue weighted by Gasteiger charge is -2.18. The number of rotatable bonds is 5. The van der Waals surface area contributed by atoms with Crippen LogP contribution in [0, 0.1) is 0 Å². The zero-order valence-corrected chi connectivity index (χ0v) is 10.3. The second-order valence-corrected chi connectivity index (χ2v) is 4.08. The standard InChI is InChI=1S/C13H17N3O2/c1-18-8-9(7-17)16-12-5-6-15-13-10(12)3-2-4-11(13)14/h2-6,9,17H,7-8,14H2,1H3,(H,15,16). The number of para-hydroxylation sites is 1. The molecule has 0 bridgehead atoms. The maximum Gasteiger partial charge on any atom is 0.0951 e. The van der Waals surface area contributed by atoms with Gasteiger partial charge in [0.15, 0.2) is 0 Å². The Morgan fingerprint density at radius 1 is 1.44 bits per heavy atom. The van der Waals surface area contributed by atoms with E-state index in [1.807, 2.05) is 24.3 Å². The number of anilines is 2. The number of nitrogens with zero attached hydrogens (tertiary/aromatic N) is 1. The predicted octanol–water partition coefficient (Wildman–Crippen LogP) is 1.24. The molecule has 5 nitrogen and oxygen atoms in total. The molecule has 1 heterocycles. The molecule has 0 fully saturated rings. The molecule has 1 aromatic carbocycles. The van der Waals surface area contributed by atoms with E-state index in [1.165, 1.54) is 0 Å². The van der Waals surface area contributed by atoms with Crippen LogP contribution in [-0.2, 0) is 4.74 Å². The van der Waals surface area contributed by atoms with Crippen LogP contribution < -0.4 is 11.1 Å². The van der Waals surface area contributed by atoms with E-state index in [0.717, 1.165) is 16.6 Å². The SMILES string of the molecule is COCC(CO)Nc1ccnc2c(N)cccc12. The Labute approximate surface area is 106 Å². The predicted molar refractivity (Wildman–Crippen MR) is 72.5 cm³/mol. The molecule has 5 heteroatoms. The Kier molecular flexibility index (Phi) is 3.96. The van der Waals surface area contributed by atoms with Gasteiger partial charge in [0.05, 0.1) is 30.5 Å². The second-order valence-electron chi connectivity index (χ2n) is 4.08. The Hall–Kier alpha value is -1.85. The van der Waals surface area contributed by atoms with Crippen molar-refractivity contribution in [3.8, 4) is 0 Å². The highest BCUT2D eigenvalue weighted by Gasteiger charge is 2.10. The van der Waals surface area contributed by atoms with Crippen molar-refractivity contribution in [1.82, 2.24) is 4.98 Å². The van der Waals surface area contributed by atoms with Crippen molar-refractivity contribution in [2.75, 3.05) is 31.4 Å². The van der Waals surface area contributed by atoms with Gasteiger partial charge in [0.25, 0.3) is 0 Å². The van der Waals surface area contributed by atoms with Crippen molar-refractivity contribution in [3.63, 3.8) is 0 Å². The Morgan fingerprint density at radius 3 is 3.00 bits per heavy atom. The fourth-order valence-electron chi connectivity index (χ4n) is 1.89. The number of nitrogens with one attached hydrogen (secondary N) is 1. The number of ether oxygens (including phenoxy) is 1. The molecule has 0 aliphatic rings. The fourth-order valence-corrected chi connectivity index (χ4v) is 1.89. The van der Waals surface area contributed by atoms with E-state index in [-0.39, 0.29) is 12.6 Å². The zero-order chi connectivity index (χ0) is 13.0. The largest absolute Gasteiger partial charge is 0.397 e. The van der Waals surface area contributed by atoms with E-state index in [9.17, 15) is 5.11 Å². The molecule has 0 amide bonds. The number of aliphatic hydroxyl groups is 1. The van der Waals surface area contributed by atoms with Gasteiger partial charge < -0.3 is 20.9 Å². The molecule has 0 radical (unpaired) electrons. The minimum atomic E-state index is -0.151. The number of pyridine rings is 1. The van der Waals surface area contributed by atoms with Gasteiger partial charge in [0.1, 0.15) is 0 Å². The molecule has 0 saturated carbocycles. The molecular weight excluding hydrogens is 230 g/mol. The van der Waals surface area contributed by atoms with Crippen LogP contribution in [0.4, 0.5) is 11.4 Å². The number of aromatic nitrogens is 1. The fraction of sp³-hybridized carbons (Fsp3) is 0.308. The molecule has 1 aromatic heterocycles. The van der Waals surface area contributed by atoms with E-state index >= 15 is 0 Å². The number of hydrogen-bond acceptors (Lipinski definition) is 5. The number of hydrogen-bond donors (Lipinski definition) is 3. The van der Waals surface area contributed by atoms with Crippen LogP contribution in [0.2, 0.25) is 0 Å². The summed E-state index contributed by atoms with van der Waals surface area (Å²) in [5, 5.41) is 13.4.